The summed E-state index contributed by atoms with van der Waals surface area (Å²) in [4.78, 5) is 2.60. The Labute approximate surface area is 81.8 Å². The van der Waals surface area contributed by atoms with Crippen LogP contribution in [0.25, 0.3) is 0 Å². The fourth-order valence-corrected chi connectivity index (χ4v) is 2.54. The molecule has 13 heavy (non-hydrogen) atoms. The second-order valence-corrected chi connectivity index (χ2v) is 4.44. The number of hydrogen-bond donors (Lipinski definition) is 0. The smallest absolute Gasteiger partial charge is 0.0175 e. The number of nitrogens with zero attached hydrogens (tertiary/aromatic N) is 1. The van der Waals surface area contributed by atoms with Crippen molar-refractivity contribution in [1.82, 2.24) is 4.90 Å². The topological polar surface area (TPSA) is 3.24 Å². The second kappa shape index (κ2) is 4.17. The Balaban J connectivity index is 1.90. The van der Waals surface area contributed by atoms with Gasteiger partial charge in [-0.05, 0) is 38.0 Å². The van der Waals surface area contributed by atoms with Crippen LogP contribution in [0.15, 0.2) is 11.8 Å². The van der Waals surface area contributed by atoms with E-state index in [1.165, 1.54) is 51.6 Å². The molecule has 1 saturated heterocycles. The molecule has 1 heterocycles. The highest BCUT2D eigenvalue weighted by Crippen LogP contribution is 2.29. The summed E-state index contributed by atoms with van der Waals surface area (Å²) < 4.78 is 0. The summed E-state index contributed by atoms with van der Waals surface area (Å²) in [7, 11) is 0. The molecule has 1 atom stereocenters. The van der Waals surface area contributed by atoms with E-state index in [0.717, 1.165) is 5.92 Å². The molecule has 0 saturated carbocycles. The quantitative estimate of drug-likeness (QED) is 0.629. The van der Waals surface area contributed by atoms with E-state index < -0.39 is 0 Å². The Morgan fingerprint density at radius 2 is 2.15 bits per heavy atom. The maximum Gasteiger partial charge on any atom is 0.0175 e. The van der Waals surface area contributed by atoms with Gasteiger partial charge >= 0.3 is 0 Å². The third kappa shape index (κ3) is 2.07. The van der Waals surface area contributed by atoms with Gasteiger partial charge in [-0.15, -0.1) is 0 Å². The van der Waals surface area contributed by atoms with Gasteiger partial charge in [-0.2, -0.15) is 0 Å². The van der Waals surface area contributed by atoms with Crippen LogP contribution in [0, 0.1) is 5.92 Å². The van der Waals surface area contributed by atoms with Crippen molar-refractivity contribution in [3.8, 4) is 0 Å². The molecule has 0 radical (unpaired) electrons. The monoisotopic (exact) mass is 179 g/mol. The highest BCUT2D eigenvalue weighted by molar-refractivity contribution is 5.06. The SMILES string of the molecule is CCC1CC=C(N2CCCC2)CC1. The van der Waals surface area contributed by atoms with E-state index in [0.29, 0.717) is 0 Å². The summed E-state index contributed by atoms with van der Waals surface area (Å²) in [6.07, 6.45) is 10.8. The van der Waals surface area contributed by atoms with E-state index in [1.807, 2.05) is 0 Å². The molecule has 1 aliphatic heterocycles. The Kier molecular flexibility index (Phi) is 2.92. The van der Waals surface area contributed by atoms with Crippen molar-refractivity contribution in [2.24, 2.45) is 5.92 Å². The van der Waals surface area contributed by atoms with Crippen molar-refractivity contribution in [3.05, 3.63) is 11.8 Å². The van der Waals surface area contributed by atoms with Crippen LogP contribution in [0.3, 0.4) is 0 Å². The van der Waals surface area contributed by atoms with Gasteiger partial charge in [0.15, 0.2) is 0 Å². The fourth-order valence-electron chi connectivity index (χ4n) is 2.54. The first-order valence-electron chi connectivity index (χ1n) is 5.84. The molecule has 2 aliphatic rings. The Hall–Kier alpha value is -0.460. The summed E-state index contributed by atoms with van der Waals surface area (Å²) in [6, 6.07) is 0. The number of hydrogen-bond acceptors (Lipinski definition) is 1. The molecule has 0 spiro atoms. The van der Waals surface area contributed by atoms with E-state index in [4.69, 9.17) is 0 Å². The Bertz CT molecular complexity index is 189. The zero-order valence-electron chi connectivity index (χ0n) is 8.76. The lowest BCUT2D eigenvalue weighted by atomic mass is 9.90. The fraction of sp³-hybridized carbons (Fsp3) is 0.833. The number of likely N-dealkylation sites (tertiary alicyclic amines) is 1. The highest BCUT2D eigenvalue weighted by Gasteiger charge is 2.19. The van der Waals surface area contributed by atoms with Gasteiger partial charge in [0.2, 0.25) is 0 Å². The van der Waals surface area contributed by atoms with E-state index in [1.54, 1.807) is 5.70 Å². The standard InChI is InChI=1S/C12H21N/c1-2-11-5-7-12(8-6-11)13-9-3-4-10-13/h7,11H,2-6,8-10H2,1H3. The zero-order valence-corrected chi connectivity index (χ0v) is 8.76. The second-order valence-electron chi connectivity index (χ2n) is 4.44. The summed E-state index contributed by atoms with van der Waals surface area (Å²) in [5.41, 5.74) is 1.65. The third-order valence-electron chi connectivity index (χ3n) is 3.59. The maximum absolute atomic E-state index is 2.60. The van der Waals surface area contributed by atoms with Crippen LogP contribution in [0.2, 0.25) is 0 Å². The molecule has 0 N–H and O–H groups in total. The van der Waals surface area contributed by atoms with Crippen molar-refractivity contribution in [2.75, 3.05) is 13.1 Å². The van der Waals surface area contributed by atoms with Crippen molar-refractivity contribution in [3.63, 3.8) is 0 Å². The molecule has 74 valence electrons. The third-order valence-corrected chi connectivity index (χ3v) is 3.59. The molecule has 0 aromatic heterocycles. The number of allylic oxidation sites excluding steroid dienone is 2. The van der Waals surface area contributed by atoms with Crippen LogP contribution in [-0.2, 0) is 0 Å². The average molecular weight is 179 g/mol. The van der Waals surface area contributed by atoms with E-state index in [2.05, 4.69) is 17.9 Å². The van der Waals surface area contributed by atoms with Gasteiger partial charge in [0, 0.05) is 18.8 Å². The largest absolute Gasteiger partial charge is 0.375 e. The van der Waals surface area contributed by atoms with Gasteiger partial charge in [-0.25, -0.2) is 0 Å². The lowest BCUT2D eigenvalue weighted by molar-refractivity contribution is 0.356. The van der Waals surface area contributed by atoms with Gasteiger partial charge in [0.1, 0.15) is 0 Å². The minimum Gasteiger partial charge on any atom is -0.375 e. The Morgan fingerprint density at radius 3 is 2.69 bits per heavy atom. The van der Waals surface area contributed by atoms with Crippen molar-refractivity contribution in [2.45, 2.75) is 45.4 Å². The highest BCUT2D eigenvalue weighted by atomic mass is 15.1. The Morgan fingerprint density at radius 1 is 1.38 bits per heavy atom. The molecule has 0 amide bonds. The summed E-state index contributed by atoms with van der Waals surface area (Å²) in [6.45, 7) is 4.96. The molecule has 0 aromatic carbocycles. The maximum atomic E-state index is 2.60. The van der Waals surface area contributed by atoms with Gasteiger partial charge in [0.05, 0.1) is 0 Å². The van der Waals surface area contributed by atoms with Crippen LogP contribution in [0.5, 0.6) is 0 Å². The van der Waals surface area contributed by atoms with Gasteiger partial charge < -0.3 is 4.90 Å². The van der Waals surface area contributed by atoms with Gasteiger partial charge in [-0.3, -0.25) is 0 Å². The minimum atomic E-state index is 0.978. The van der Waals surface area contributed by atoms with Crippen LogP contribution >= 0.6 is 0 Å². The molecular weight excluding hydrogens is 158 g/mol. The molecule has 2 rings (SSSR count). The minimum absolute atomic E-state index is 0.978. The lowest BCUT2D eigenvalue weighted by Gasteiger charge is -2.27. The lowest BCUT2D eigenvalue weighted by Crippen LogP contribution is -2.21. The van der Waals surface area contributed by atoms with Crippen molar-refractivity contribution in [1.29, 1.82) is 0 Å². The van der Waals surface area contributed by atoms with E-state index in [9.17, 15) is 0 Å². The molecule has 1 unspecified atom stereocenters. The molecule has 0 aromatic rings. The summed E-state index contributed by atoms with van der Waals surface area (Å²) in [5.74, 6) is 0.978. The average Bonchev–Trinajstić information content (AvgIpc) is 2.71. The van der Waals surface area contributed by atoms with Crippen molar-refractivity contribution >= 4 is 0 Å². The zero-order chi connectivity index (χ0) is 9.10. The summed E-state index contributed by atoms with van der Waals surface area (Å²) >= 11 is 0. The normalized spacial score (nSPS) is 29.2. The molecule has 0 bridgehead atoms. The molecular formula is C12H21N. The van der Waals surface area contributed by atoms with E-state index in [-0.39, 0.29) is 0 Å². The van der Waals surface area contributed by atoms with Crippen LogP contribution in [0.1, 0.15) is 45.4 Å². The predicted octanol–water partition coefficient (Wildman–Crippen LogP) is 3.18. The van der Waals surface area contributed by atoms with Gasteiger partial charge in [0.25, 0.3) is 0 Å². The summed E-state index contributed by atoms with van der Waals surface area (Å²) in [5, 5.41) is 0. The van der Waals surface area contributed by atoms with Crippen molar-refractivity contribution < 1.29 is 0 Å². The van der Waals surface area contributed by atoms with Crippen LogP contribution < -0.4 is 0 Å². The van der Waals surface area contributed by atoms with Crippen LogP contribution in [0.4, 0.5) is 0 Å². The molecule has 1 fully saturated rings. The van der Waals surface area contributed by atoms with E-state index >= 15 is 0 Å². The first-order chi connectivity index (χ1) is 6.40. The molecule has 1 nitrogen and oxygen atoms in total. The molecule has 1 aliphatic carbocycles. The predicted molar refractivity (Wildman–Crippen MR) is 56.5 cm³/mol. The molecule has 1 heteroatoms. The first-order valence-corrected chi connectivity index (χ1v) is 5.84. The number of rotatable bonds is 2. The first kappa shape index (κ1) is 9.11. The van der Waals surface area contributed by atoms with Gasteiger partial charge in [-0.1, -0.05) is 19.4 Å². The van der Waals surface area contributed by atoms with Crippen LogP contribution in [-0.4, -0.2) is 18.0 Å².